The van der Waals surface area contributed by atoms with E-state index >= 15 is 0 Å². The molecule has 1 saturated carbocycles. The summed E-state index contributed by atoms with van der Waals surface area (Å²) >= 11 is 0. The van der Waals surface area contributed by atoms with E-state index in [1.54, 1.807) is 36.9 Å². The van der Waals surface area contributed by atoms with E-state index in [2.05, 4.69) is 21.2 Å². The third-order valence-corrected chi connectivity index (χ3v) is 6.73. The molecular formula is C20H26N6O3S. The van der Waals surface area contributed by atoms with Crippen LogP contribution in [-0.4, -0.2) is 30.1 Å². The van der Waals surface area contributed by atoms with Gasteiger partial charge in [-0.1, -0.05) is 12.8 Å². The number of nitrogens with one attached hydrogen (secondary N) is 2. The van der Waals surface area contributed by atoms with Crippen LogP contribution in [0.2, 0.25) is 0 Å². The molecule has 1 heterocycles. The minimum absolute atomic E-state index is 0.105. The first kappa shape index (κ1) is 21.8. The van der Waals surface area contributed by atoms with Gasteiger partial charge in [-0.05, 0) is 51.0 Å². The first-order chi connectivity index (χ1) is 14.2. The van der Waals surface area contributed by atoms with E-state index in [0.29, 0.717) is 5.69 Å². The van der Waals surface area contributed by atoms with Crippen LogP contribution in [0.5, 0.6) is 0 Å². The lowest BCUT2D eigenvalue weighted by molar-refractivity contribution is 0.100. The molecule has 3 rings (SSSR count). The molecule has 1 aromatic carbocycles. The monoisotopic (exact) mass is 430 g/mol. The van der Waals surface area contributed by atoms with Gasteiger partial charge in [-0.2, -0.15) is 10.4 Å². The number of benzene rings is 1. The Morgan fingerprint density at radius 2 is 1.93 bits per heavy atom. The predicted molar refractivity (Wildman–Crippen MR) is 113 cm³/mol. The first-order valence-electron chi connectivity index (χ1n) is 9.89. The molecule has 10 heteroatoms. The number of hydrogen-bond donors (Lipinski definition) is 3. The van der Waals surface area contributed by atoms with Crippen molar-refractivity contribution in [2.45, 2.75) is 56.5 Å². The number of aromatic nitrogens is 2. The van der Waals surface area contributed by atoms with Crippen LogP contribution in [0.4, 0.5) is 11.5 Å². The van der Waals surface area contributed by atoms with Crippen molar-refractivity contribution in [3.8, 4) is 6.07 Å². The lowest BCUT2D eigenvalue weighted by Gasteiger charge is -2.26. The van der Waals surface area contributed by atoms with Gasteiger partial charge in [0.15, 0.2) is 5.82 Å². The summed E-state index contributed by atoms with van der Waals surface area (Å²) in [5, 5.41) is 17.0. The largest absolute Gasteiger partial charge is 0.365 e. The number of amides is 1. The normalized spacial score (nSPS) is 19.4. The Morgan fingerprint density at radius 1 is 1.27 bits per heavy atom. The second-order valence-electron chi connectivity index (χ2n) is 7.75. The molecule has 4 N–H and O–H groups in total. The minimum atomic E-state index is -3.59. The number of primary amides is 1. The molecule has 9 nitrogen and oxygen atoms in total. The summed E-state index contributed by atoms with van der Waals surface area (Å²) in [6.45, 7) is 3.50. The Bertz CT molecular complexity index is 1050. The quantitative estimate of drug-likeness (QED) is 0.616. The van der Waals surface area contributed by atoms with Crippen LogP contribution in [0, 0.1) is 17.2 Å². The van der Waals surface area contributed by atoms with E-state index in [4.69, 9.17) is 5.73 Å². The molecule has 2 unspecified atom stereocenters. The van der Waals surface area contributed by atoms with Crippen molar-refractivity contribution in [1.29, 1.82) is 5.26 Å². The van der Waals surface area contributed by atoms with Crippen molar-refractivity contribution in [2.75, 3.05) is 5.32 Å². The molecule has 30 heavy (non-hydrogen) atoms. The number of nitrogens with zero attached hydrogens (tertiary/aromatic N) is 3. The molecule has 0 radical (unpaired) electrons. The van der Waals surface area contributed by atoms with Crippen LogP contribution in [0.3, 0.4) is 0 Å². The Kier molecular flexibility index (Phi) is 6.43. The van der Waals surface area contributed by atoms with Crippen LogP contribution < -0.4 is 15.8 Å². The predicted octanol–water partition coefficient (Wildman–Crippen LogP) is 2.67. The van der Waals surface area contributed by atoms with Crippen molar-refractivity contribution < 1.29 is 13.2 Å². The zero-order chi connectivity index (χ0) is 21.9. The molecule has 160 valence electrons. The van der Waals surface area contributed by atoms with Crippen LogP contribution in [0.25, 0.3) is 0 Å². The molecule has 0 spiro atoms. The van der Waals surface area contributed by atoms with Crippen LogP contribution >= 0.6 is 0 Å². The van der Waals surface area contributed by atoms with Gasteiger partial charge >= 0.3 is 0 Å². The molecular weight excluding hydrogens is 404 g/mol. The lowest BCUT2D eigenvalue weighted by Crippen LogP contribution is -2.30. The van der Waals surface area contributed by atoms with E-state index in [-0.39, 0.29) is 34.3 Å². The summed E-state index contributed by atoms with van der Waals surface area (Å²) in [4.78, 5) is 12.1. The average Bonchev–Trinajstić information content (AvgIpc) is 3.11. The molecule has 2 atom stereocenters. The van der Waals surface area contributed by atoms with Gasteiger partial charge in [0.05, 0.1) is 22.9 Å². The number of rotatable bonds is 7. The Labute approximate surface area is 176 Å². The fourth-order valence-corrected chi connectivity index (χ4v) is 4.90. The third-order valence-electron chi connectivity index (χ3n) is 5.05. The molecule has 0 aliphatic heterocycles. The third kappa shape index (κ3) is 4.80. The van der Waals surface area contributed by atoms with Gasteiger partial charge in [0.25, 0.3) is 5.91 Å². The van der Waals surface area contributed by atoms with Crippen molar-refractivity contribution >= 4 is 27.4 Å². The highest BCUT2D eigenvalue weighted by molar-refractivity contribution is 7.89. The van der Waals surface area contributed by atoms with Gasteiger partial charge in [-0.15, -0.1) is 0 Å². The fourth-order valence-electron chi connectivity index (χ4n) is 3.65. The number of carbonyl (C=O) groups excluding carboxylic acids is 1. The second kappa shape index (κ2) is 8.85. The molecule has 1 aliphatic carbocycles. The van der Waals surface area contributed by atoms with Crippen LogP contribution in [0.1, 0.15) is 55.9 Å². The van der Waals surface area contributed by atoms with Gasteiger partial charge in [0, 0.05) is 17.9 Å². The van der Waals surface area contributed by atoms with Crippen LogP contribution in [0.15, 0.2) is 35.4 Å². The Morgan fingerprint density at radius 3 is 2.53 bits per heavy atom. The number of nitriles is 1. The minimum Gasteiger partial charge on any atom is -0.365 e. The maximum atomic E-state index is 12.3. The number of sulfonamides is 1. The molecule has 0 saturated heterocycles. The van der Waals surface area contributed by atoms with Gasteiger partial charge in [-0.3, -0.25) is 9.48 Å². The second-order valence-corrected chi connectivity index (χ2v) is 9.46. The van der Waals surface area contributed by atoms with Gasteiger partial charge in [0.1, 0.15) is 5.56 Å². The Balaban J connectivity index is 1.85. The summed E-state index contributed by atoms with van der Waals surface area (Å²) in [6.07, 6.45) is 5.20. The van der Waals surface area contributed by atoms with Gasteiger partial charge < -0.3 is 11.1 Å². The average molecular weight is 431 g/mol. The topological polar surface area (TPSA) is 143 Å². The van der Waals surface area contributed by atoms with E-state index < -0.39 is 15.9 Å². The molecule has 0 bridgehead atoms. The number of carbonyl (C=O) groups is 1. The number of anilines is 2. The maximum Gasteiger partial charge on any atom is 0.254 e. The molecule has 1 fully saturated rings. The van der Waals surface area contributed by atoms with Gasteiger partial charge in [-0.25, -0.2) is 13.1 Å². The highest BCUT2D eigenvalue weighted by Gasteiger charge is 2.29. The first-order valence-corrected chi connectivity index (χ1v) is 11.4. The number of nitrogens with two attached hydrogens (primary N) is 1. The SMILES string of the molecule is CC(C)NS(=O)(=O)c1ccc(Nc2nn(C3CCCCC3C#N)cc2C(N)=O)cc1. The molecule has 1 aromatic heterocycles. The van der Waals surface area contributed by atoms with E-state index in [9.17, 15) is 18.5 Å². The van der Waals surface area contributed by atoms with Crippen molar-refractivity contribution in [1.82, 2.24) is 14.5 Å². The van der Waals surface area contributed by atoms with E-state index in [0.717, 1.165) is 25.7 Å². The summed E-state index contributed by atoms with van der Waals surface area (Å²) in [6, 6.07) is 8.15. The van der Waals surface area contributed by atoms with Gasteiger partial charge in [0.2, 0.25) is 10.0 Å². The van der Waals surface area contributed by atoms with E-state index in [1.165, 1.54) is 12.1 Å². The fraction of sp³-hybridized carbons (Fsp3) is 0.450. The zero-order valence-electron chi connectivity index (χ0n) is 17.0. The molecule has 1 amide bonds. The molecule has 1 aliphatic rings. The smallest absolute Gasteiger partial charge is 0.254 e. The summed E-state index contributed by atoms with van der Waals surface area (Å²) in [7, 11) is -3.59. The van der Waals surface area contributed by atoms with Crippen molar-refractivity contribution in [3.63, 3.8) is 0 Å². The highest BCUT2D eigenvalue weighted by atomic mass is 32.2. The Hall–Kier alpha value is -2.90. The number of hydrogen-bond acceptors (Lipinski definition) is 6. The van der Waals surface area contributed by atoms with E-state index in [1.807, 2.05) is 0 Å². The maximum absolute atomic E-state index is 12.3. The lowest BCUT2D eigenvalue weighted by atomic mass is 9.85. The molecule has 2 aromatic rings. The summed E-state index contributed by atoms with van der Waals surface area (Å²) in [5.41, 5.74) is 6.30. The van der Waals surface area contributed by atoms with Crippen molar-refractivity contribution in [3.05, 3.63) is 36.0 Å². The highest BCUT2D eigenvalue weighted by Crippen LogP contribution is 2.34. The summed E-state index contributed by atoms with van der Waals surface area (Å²) < 4.78 is 28.7. The standard InChI is InChI=1S/C20H26N6O3S/c1-13(2)25-30(28,29)16-9-7-15(8-10-16)23-20-17(19(22)27)12-26(24-20)18-6-4-3-5-14(18)11-21/h7-10,12-14,18,25H,3-6H2,1-2H3,(H2,22,27)(H,23,24). The summed E-state index contributed by atoms with van der Waals surface area (Å²) in [5.74, 6) is -0.515. The van der Waals surface area contributed by atoms with Crippen LogP contribution in [-0.2, 0) is 10.0 Å². The van der Waals surface area contributed by atoms with Crippen molar-refractivity contribution in [2.24, 2.45) is 11.7 Å². The zero-order valence-corrected chi connectivity index (χ0v) is 17.8.